The summed E-state index contributed by atoms with van der Waals surface area (Å²) in [6, 6.07) is 4.92. The fraction of sp³-hybridized carbons (Fsp3) is 0.533. The Morgan fingerprint density at radius 1 is 1.26 bits per heavy atom. The van der Waals surface area contributed by atoms with Gasteiger partial charge in [-0.2, -0.15) is 8.78 Å². The van der Waals surface area contributed by atoms with Gasteiger partial charge in [0.05, 0.1) is 11.3 Å². The topological polar surface area (TPSA) is 80.5 Å². The quantitative estimate of drug-likeness (QED) is 0.813. The Morgan fingerprint density at radius 3 is 2.22 bits per heavy atom. The maximum atomic E-state index is 12.4. The van der Waals surface area contributed by atoms with Gasteiger partial charge >= 0.3 is 5.76 Å². The summed E-state index contributed by atoms with van der Waals surface area (Å²) >= 11 is 0. The lowest BCUT2D eigenvalue weighted by atomic mass is 9.93. The van der Waals surface area contributed by atoms with Crippen molar-refractivity contribution in [2.75, 3.05) is 20.1 Å². The molecule has 0 heterocycles. The van der Waals surface area contributed by atoms with Crippen molar-refractivity contribution in [3.8, 4) is 0 Å². The SMILES string of the molecule is CN(CC(C)(C)CN)C(=O)Cc1ccc(S(=O)(=O)C(F)F)cc1. The van der Waals surface area contributed by atoms with E-state index in [1.807, 2.05) is 13.8 Å². The van der Waals surface area contributed by atoms with Gasteiger partial charge in [0.25, 0.3) is 0 Å². The third kappa shape index (κ3) is 5.24. The molecule has 0 unspecified atom stereocenters. The number of nitrogens with two attached hydrogens (primary N) is 1. The molecule has 1 rings (SSSR count). The Bertz CT molecular complexity index is 643. The molecule has 0 spiro atoms. The summed E-state index contributed by atoms with van der Waals surface area (Å²) in [5.41, 5.74) is 5.98. The average molecular weight is 348 g/mol. The highest BCUT2D eigenvalue weighted by molar-refractivity contribution is 7.91. The number of sulfone groups is 1. The molecule has 0 atom stereocenters. The molecule has 0 aliphatic rings. The zero-order valence-electron chi connectivity index (χ0n) is 13.4. The molecule has 0 saturated heterocycles. The molecule has 8 heteroatoms. The van der Waals surface area contributed by atoms with Crippen molar-refractivity contribution in [3.05, 3.63) is 29.8 Å². The van der Waals surface area contributed by atoms with E-state index in [-0.39, 0.29) is 17.7 Å². The summed E-state index contributed by atoms with van der Waals surface area (Å²) in [7, 11) is -2.95. The molecule has 23 heavy (non-hydrogen) atoms. The second kappa shape index (κ2) is 7.35. The molecule has 0 bridgehead atoms. The summed E-state index contributed by atoms with van der Waals surface area (Å²) in [5.74, 6) is -3.62. The minimum Gasteiger partial charge on any atom is -0.345 e. The Balaban J connectivity index is 2.77. The average Bonchev–Trinajstić information content (AvgIpc) is 2.47. The lowest BCUT2D eigenvalue weighted by Crippen LogP contribution is -2.40. The van der Waals surface area contributed by atoms with E-state index in [9.17, 15) is 22.0 Å². The number of amides is 1. The molecular formula is C15H22F2N2O3S. The fourth-order valence-corrected chi connectivity index (χ4v) is 2.73. The van der Waals surface area contributed by atoms with Gasteiger partial charge in [-0.3, -0.25) is 4.79 Å². The Hall–Kier alpha value is -1.54. The first-order valence-corrected chi connectivity index (χ1v) is 8.59. The van der Waals surface area contributed by atoms with E-state index in [4.69, 9.17) is 5.73 Å². The van der Waals surface area contributed by atoms with Crippen LogP contribution in [0.2, 0.25) is 0 Å². The number of likely N-dealkylation sites (N-methyl/N-ethyl adjacent to an activating group) is 1. The van der Waals surface area contributed by atoms with Crippen LogP contribution >= 0.6 is 0 Å². The molecule has 1 aromatic carbocycles. The van der Waals surface area contributed by atoms with Crippen LogP contribution in [0.15, 0.2) is 29.2 Å². The third-order valence-electron chi connectivity index (χ3n) is 3.49. The van der Waals surface area contributed by atoms with E-state index < -0.39 is 20.5 Å². The zero-order valence-corrected chi connectivity index (χ0v) is 14.2. The second-order valence-electron chi connectivity index (χ2n) is 6.24. The smallest absolute Gasteiger partial charge is 0.341 e. The number of alkyl halides is 2. The third-order valence-corrected chi connectivity index (χ3v) is 4.88. The van der Waals surface area contributed by atoms with Crippen molar-refractivity contribution >= 4 is 15.7 Å². The predicted molar refractivity (Wildman–Crippen MR) is 83.8 cm³/mol. The van der Waals surface area contributed by atoms with Crippen LogP contribution in [0, 0.1) is 5.41 Å². The van der Waals surface area contributed by atoms with Crippen molar-refractivity contribution in [1.29, 1.82) is 0 Å². The molecule has 1 aromatic rings. The van der Waals surface area contributed by atoms with Gasteiger partial charge in [0, 0.05) is 13.6 Å². The number of carbonyl (C=O) groups excluding carboxylic acids is 1. The van der Waals surface area contributed by atoms with Gasteiger partial charge in [-0.25, -0.2) is 8.42 Å². The van der Waals surface area contributed by atoms with E-state index in [1.165, 1.54) is 12.1 Å². The highest BCUT2D eigenvalue weighted by Gasteiger charge is 2.26. The first-order chi connectivity index (χ1) is 10.5. The number of halogens is 2. The molecule has 1 amide bonds. The van der Waals surface area contributed by atoms with E-state index in [2.05, 4.69) is 0 Å². The predicted octanol–water partition coefficient (Wildman–Crippen LogP) is 1.67. The van der Waals surface area contributed by atoms with Crippen LogP contribution in [0.1, 0.15) is 19.4 Å². The van der Waals surface area contributed by atoms with Crippen LogP contribution in [0.4, 0.5) is 8.78 Å². The molecule has 0 aliphatic carbocycles. The monoisotopic (exact) mass is 348 g/mol. The summed E-state index contributed by atoms with van der Waals surface area (Å²) in [4.78, 5) is 13.2. The van der Waals surface area contributed by atoms with Crippen LogP contribution in [0.3, 0.4) is 0 Å². The lowest BCUT2D eigenvalue weighted by molar-refractivity contribution is -0.130. The number of nitrogens with zero attached hydrogens (tertiary/aromatic N) is 1. The highest BCUT2D eigenvalue weighted by Crippen LogP contribution is 2.19. The molecule has 0 aliphatic heterocycles. The summed E-state index contributed by atoms with van der Waals surface area (Å²) in [5, 5.41) is 0. The first-order valence-electron chi connectivity index (χ1n) is 7.04. The molecule has 0 saturated carbocycles. The summed E-state index contributed by atoms with van der Waals surface area (Å²) in [6.45, 7) is 4.81. The summed E-state index contributed by atoms with van der Waals surface area (Å²) in [6.07, 6.45) is 0.0617. The molecule has 2 N–H and O–H groups in total. The van der Waals surface area contributed by atoms with Crippen molar-refractivity contribution in [2.45, 2.75) is 30.9 Å². The first kappa shape index (κ1) is 19.5. The standard InChI is InChI=1S/C15H22F2N2O3S/c1-15(2,9-18)10-19(3)13(20)8-11-4-6-12(7-5-11)23(21,22)14(16)17/h4-7,14H,8-10,18H2,1-3H3. The molecule has 0 fully saturated rings. The van der Waals surface area contributed by atoms with Gasteiger partial charge in [0.1, 0.15) is 0 Å². The Morgan fingerprint density at radius 2 is 1.78 bits per heavy atom. The molecule has 0 aromatic heterocycles. The number of hydrogen-bond donors (Lipinski definition) is 1. The van der Waals surface area contributed by atoms with Crippen LogP contribution < -0.4 is 5.73 Å². The fourth-order valence-electron chi connectivity index (χ4n) is 2.00. The van der Waals surface area contributed by atoms with Gasteiger partial charge in [-0.1, -0.05) is 26.0 Å². The normalized spacial score (nSPS) is 12.5. The van der Waals surface area contributed by atoms with Gasteiger partial charge in [-0.05, 0) is 29.7 Å². The van der Waals surface area contributed by atoms with Crippen LogP contribution in [-0.4, -0.2) is 45.1 Å². The zero-order chi connectivity index (χ0) is 17.8. The molecule has 130 valence electrons. The second-order valence-corrected chi connectivity index (χ2v) is 8.16. The maximum absolute atomic E-state index is 12.4. The lowest BCUT2D eigenvalue weighted by Gasteiger charge is -2.29. The number of benzene rings is 1. The Kier molecular flexibility index (Phi) is 6.24. The maximum Gasteiger partial charge on any atom is 0.341 e. The summed E-state index contributed by atoms with van der Waals surface area (Å²) < 4.78 is 47.5. The van der Waals surface area contributed by atoms with Crippen molar-refractivity contribution in [3.63, 3.8) is 0 Å². The largest absolute Gasteiger partial charge is 0.345 e. The van der Waals surface area contributed by atoms with Crippen molar-refractivity contribution < 1.29 is 22.0 Å². The number of rotatable bonds is 7. The Labute approximate surface area is 135 Å². The minimum absolute atomic E-state index is 0.0617. The number of hydrogen-bond acceptors (Lipinski definition) is 4. The van der Waals surface area contributed by atoms with Crippen LogP contribution in [-0.2, 0) is 21.1 Å². The molecular weight excluding hydrogens is 326 g/mol. The molecule has 0 radical (unpaired) electrons. The number of carbonyl (C=O) groups is 1. The highest BCUT2D eigenvalue weighted by atomic mass is 32.2. The van der Waals surface area contributed by atoms with Gasteiger partial charge in [0.2, 0.25) is 15.7 Å². The van der Waals surface area contributed by atoms with Crippen LogP contribution in [0.25, 0.3) is 0 Å². The van der Waals surface area contributed by atoms with E-state index >= 15 is 0 Å². The van der Waals surface area contributed by atoms with Gasteiger partial charge in [0.15, 0.2) is 0 Å². The van der Waals surface area contributed by atoms with Gasteiger partial charge in [-0.15, -0.1) is 0 Å². The van der Waals surface area contributed by atoms with E-state index in [0.29, 0.717) is 18.7 Å². The van der Waals surface area contributed by atoms with Crippen molar-refractivity contribution in [2.24, 2.45) is 11.1 Å². The minimum atomic E-state index is -4.61. The van der Waals surface area contributed by atoms with Gasteiger partial charge < -0.3 is 10.6 Å². The van der Waals surface area contributed by atoms with Crippen molar-refractivity contribution in [1.82, 2.24) is 4.90 Å². The van der Waals surface area contributed by atoms with Crippen LogP contribution in [0.5, 0.6) is 0 Å². The molecule has 5 nitrogen and oxygen atoms in total. The van der Waals surface area contributed by atoms with E-state index in [0.717, 1.165) is 12.1 Å². The van der Waals surface area contributed by atoms with E-state index in [1.54, 1.807) is 11.9 Å².